The molecular weight excluding hydrogens is 396 g/mol. The summed E-state index contributed by atoms with van der Waals surface area (Å²) < 4.78 is 5.23. The van der Waals surface area contributed by atoms with Gasteiger partial charge in [-0.3, -0.25) is 14.9 Å². The number of amides is 3. The summed E-state index contributed by atoms with van der Waals surface area (Å²) in [4.78, 5) is 49.8. The highest BCUT2D eigenvalue weighted by atomic mass is 16.5. The summed E-state index contributed by atoms with van der Waals surface area (Å²) in [6.07, 6.45) is 3.82. The largest absolute Gasteiger partial charge is 0.449 e. The molecule has 2 N–H and O–H groups in total. The number of carbonyl (C=O) groups excluding carboxylic acids is 4. The average Bonchev–Trinajstić information content (AvgIpc) is 2.79. The van der Waals surface area contributed by atoms with Gasteiger partial charge in [0.15, 0.2) is 11.9 Å². The van der Waals surface area contributed by atoms with Gasteiger partial charge in [0.2, 0.25) is 0 Å². The number of ketones is 1. The first-order valence-corrected chi connectivity index (χ1v) is 10.5. The fourth-order valence-electron chi connectivity index (χ4n) is 3.56. The summed E-state index contributed by atoms with van der Waals surface area (Å²) in [6, 6.07) is 14.3. The minimum absolute atomic E-state index is 0.0512. The smallest absolute Gasteiger partial charge is 0.339 e. The minimum Gasteiger partial charge on any atom is -0.449 e. The molecule has 0 unspecified atom stereocenters. The second-order valence-corrected chi connectivity index (χ2v) is 7.59. The lowest BCUT2D eigenvalue weighted by Gasteiger charge is -2.23. The summed E-state index contributed by atoms with van der Waals surface area (Å²) in [5.74, 6) is -1.86. The molecule has 31 heavy (non-hydrogen) atoms. The Kier molecular flexibility index (Phi) is 7.54. The van der Waals surface area contributed by atoms with Crippen molar-refractivity contribution in [3.8, 4) is 0 Å². The molecule has 0 saturated heterocycles. The first-order chi connectivity index (χ1) is 15.0. The lowest BCUT2D eigenvalue weighted by atomic mass is 9.96. The molecule has 1 fully saturated rings. The van der Waals surface area contributed by atoms with Gasteiger partial charge in [0, 0.05) is 17.2 Å². The van der Waals surface area contributed by atoms with Crippen molar-refractivity contribution in [1.29, 1.82) is 0 Å². The van der Waals surface area contributed by atoms with Gasteiger partial charge in [0.05, 0.1) is 5.56 Å². The third-order valence-corrected chi connectivity index (χ3v) is 5.26. The highest BCUT2D eigenvalue weighted by molar-refractivity contribution is 6.14. The van der Waals surface area contributed by atoms with Crippen LogP contribution in [0, 0.1) is 0 Å². The highest BCUT2D eigenvalue weighted by Gasteiger charge is 2.25. The predicted octanol–water partition coefficient (Wildman–Crippen LogP) is 3.62. The van der Waals surface area contributed by atoms with Crippen LogP contribution in [-0.4, -0.2) is 35.8 Å². The highest BCUT2D eigenvalue weighted by Crippen LogP contribution is 2.18. The number of hydrogen-bond acceptors (Lipinski definition) is 5. The number of urea groups is 1. The SMILES string of the molecule is C[C@H](OC(=O)c1ccccc1C(=O)c1ccccc1)C(=O)NC(=O)NC1CCCCC1. The van der Waals surface area contributed by atoms with Gasteiger partial charge in [-0.1, -0.05) is 67.8 Å². The predicted molar refractivity (Wildman–Crippen MR) is 115 cm³/mol. The first-order valence-electron chi connectivity index (χ1n) is 10.5. The molecule has 0 aliphatic heterocycles. The molecule has 1 aliphatic carbocycles. The lowest BCUT2D eigenvalue weighted by Crippen LogP contribution is -2.48. The summed E-state index contributed by atoms with van der Waals surface area (Å²) in [5.41, 5.74) is 0.678. The summed E-state index contributed by atoms with van der Waals surface area (Å²) in [7, 11) is 0. The van der Waals surface area contributed by atoms with Crippen LogP contribution in [0.2, 0.25) is 0 Å². The van der Waals surface area contributed by atoms with E-state index in [1.54, 1.807) is 42.5 Å². The van der Waals surface area contributed by atoms with E-state index < -0.39 is 24.0 Å². The van der Waals surface area contributed by atoms with E-state index >= 15 is 0 Å². The standard InChI is InChI=1S/C24H26N2O5/c1-16(22(28)26-24(30)25-18-12-6-3-7-13-18)31-23(29)20-15-9-8-14-19(20)21(27)17-10-4-2-5-11-17/h2,4-5,8-11,14-16,18H,3,6-7,12-13H2,1H3,(H2,25,26,28,30)/t16-/m0/s1. The van der Waals surface area contributed by atoms with Crippen LogP contribution in [-0.2, 0) is 9.53 Å². The second-order valence-electron chi connectivity index (χ2n) is 7.59. The van der Waals surface area contributed by atoms with E-state index in [0.29, 0.717) is 5.56 Å². The molecule has 1 aliphatic rings. The number of carbonyl (C=O) groups is 4. The maximum Gasteiger partial charge on any atom is 0.339 e. The molecule has 0 heterocycles. The third-order valence-electron chi connectivity index (χ3n) is 5.26. The normalized spacial score (nSPS) is 14.9. The van der Waals surface area contributed by atoms with Gasteiger partial charge in [0.25, 0.3) is 5.91 Å². The molecule has 162 valence electrons. The van der Waals surface area contributed by atoms with Gasteiger partial charge < -0.3 is 10.1 Å². The average molecular weight is 422 g/mol. The molecule has 3 amide bonds. The van der Waals surface area contributed by atoms with Crippen LogP contribution in [0.4, 0.5) is 4.79 Å². The number of hydrogen-bond donors (Lipinski definition) is 2. The Hall–Kier alpha value is -3.48. The van der Waals surface area contributed by atoms with Crippen molar-refractivity contribution in [2.24, 2.45) is 0 Å². The molecular formula is C24H26N2O5. The van der Waals surface area contributed by atoms with Gasteiger partial charge in [-0.25, -0.2) is 9.59 Å². The molecule has 0 aromatic heterocycles. The Labute approximate surface area is 181 Å². The van der Waals surface area contributed by atoms with E-state index in [2.05, 4.69) is 10.6 Å². The van der Waals surface area contributed by atoms with Crippen LogP contribution >= 0.6 is 0 Å². The van der Waals surface area contributed by atoms with Crippen molar-refractivity contribution in [2.75, 3.05) is 0 Å². The van der Waals surface area contributed by atoms with E-state index in [9.17, 15) is 19.2 Å². The third kappa shape index (κ3) is 6.01. The molecule has 3 rings (SSSR count). The van der Waals surface area contributed by atoms with E-state index in [1.165, 1.54) is 19.1 Å². The van der Waals surface area contributed by atoms with Crippen LogP contribution in [0.15, 0.2) is 54.6 Å². The maximum atomic E-state index is 12.8. The monoisotopic (exact) mass is 422 g/mol. The van der Waals surface area contributed by atoms with Crippen molar-refractivity contribution < 1.29 is 23.9 Å². The summed E-state index contributed by atoms with van der Waals surface area (Å²) >= 11 is 0. The zero-order chi connectivity index (χ0) is 22.2. The molecule has 1 atom stereocenters. The van der Waals surface area contributed by atoms with E-state index in [1.807, 2.05) is 0 Å². The Morgan fingerprint density at radius 2 is 1.48 bits per heavy atom. The molecule has 2 aromatic carbocycles. The Bertz CT molecular complexity index is 951. The number of esters is 1. The van der Waals surface area contributed by atoms with Gasteiger partial charge in [-0.2, -0.15) is 0 Å². The number of ether oxygens (including phenoxy) is 1. The van der Waals surface area contributed by atoms with Crippen LogP contribution in [0.1, 0.15) is 65.3 Å². The van der Waals surface area contributed by atoms with Crippen molar-refractivity contribution in [1.82, 2.24) is 10.6 Å². The molecule has 7 heteroatoms. The van der Waals surface area contributed by atoms with Crippen molar-refractivity contribution in [3.05, 3.63) is 71.3 Å². The topological polar surface area (TPSA) is 102 Å². The second kappa shape index (κ2) is 10.5. The maximum absolute atomic E-state index is 12.8. The zero-order valence-electron chi connectivity index (χ0n) is 17.4. The number of rotatable bonds is 6. The summed E-state index contributed by atoms with van der Waals surface area (Å²) in [5, 5.41) is 4.99. The fraction of sp³-hybridized carbons (Fsp3) is 0.333. The molecule has 7 nitrogen and oxygen atoms in total. The van der Waals surface area contributed by atoms with E-state index in [-0.39, 0.29) is 23.0 Å². The van der Waals surface area contributed by atoms with Gasteiger partial charge in [-0.15, -0.1) is 0 Å². The minimum atomic E-state index is -1.20. The first kappa shape index (κ1) is 22.2. The van der Waals surface area contributed by atoms with Gasteiger partial charge in [-0.05, 0) is 25.8 Å². The van der Waals surface area contributed by atoms with Crippen molar-refractivity contribution in [2.45, 2.75) is 51.2 Å². The van der Waals surface area contributed by atoms with Crippen LogP contribution < -0.4 is 10.6 Å². The molecule has 2 aromatic rings. The van der Waals surface area contributed by atoms with Gasteiger partial charge in [0.1, 0.15) is 0 Å². The van der Waals surface area contributed by atoms with Crippen molar-refractivity contribution >= 4 is 23.7 Å². The van der Waals surface area contributed by atoms with E-state index in [0.717, 1.165) is 32.1 Å². The molecule has 0 radical (unpaired) electrons. The van der Waals surface area contributed by atoms with Crippen LogP contribution in [0.5, 0.6) is 0 Å². The fourth-order valence-corrected chi connectivity index (χ4v) is 3.56. The van der Waals surface area contributed by atoms with Crippen molar-refractivity contribution in [3.63, 3.8) is 0 Å². The number of nitrogens with one attached hydrogen (secondary N) is 2. The quantitative estimate of drug-likeness (QED) is 0.547. The molecule has 0 bridgehead atoms. The van der Waals surface area contributed by atoms with Gasteiger partial charge >= 0.3 is 12.0 Å². The number of benzene rings is 2. The van der Waals surface area contributed by atoms with Crippen LogP contribution in [0.25, 0.3) is 0 Å². The lowest BCUT2D eigenvalue weighted by molar-refractivity contribution is -0.127. The Morgan fingerprint density at radius 1 is 0.871 bits per heavy atom. The Balaban J connectivity index is 1.61. The van der Waals surface area contributed by atoms with Crippen LogP contribution in [0.3, 0.4) is 0 Å². The zero-order valence-corrected chi connectivity index (χ0v) is 17.4. The van der Waals surface area contributed by atoms with E-state index in [4.69, 9.17) is 4.74 Å². The molecule has 0 spiro atoms. The molecule has 1 saturated carbocycles. The summed E-state index contributed by atoms with van der Waals surface area (Å²) in [6.45, 7) is 1.38. The number of imide groups is 1. The Morgan fingerprint density at radius 3 is 2.16 bits per heavy atom.